The minimum Gasteiger partial charge on any atom is -0.374 e. The van der Waals surface area contributed by atoms with Gasteiger partial charge in [-0.3, -0.25) is 0 Å². The van der Waals surface area contributed by atoms with Crippen LogP contribution < -0.4 is 0 Å². The fourth-order valence-corrected chi connectivity index (χ4v) is 4.72. The Bertz CT molecular complexity index is 293. The van der Waals surface area contributed by atoms with Crippen molar-refractivity contribution in [2.45, 2.75) is 52.1 Å². The third kappa shape index (κ3) is 3.05. The Morgan fingerprint density at radius 2 is 2.29 bits per heavy atom. The molecule has 0 bridgehead atoms. The molecule has 2 saturated heterocycles. The maximum atomic E-state index is 11.4. The van der Waals surface area contributed by atoms with E-state index in [1.807, 2.05) is 11.8 Å². The molecule has 0 aliphatic carbocycles. The highest BCUT2D eigenvalue weighted by Crippen LogP contribution is 2.47. The molecule has 0 saturated carbocycles. The molecule has 2 aliphatic rings. The Labute approximate surface area is 109 Å². The number of carbonyl (C=O) groups is 1. The first-order chi connectivity index (χ1) is 7.94. The predicted octanol–water partition coefficient (Wildman–Crippen LogP) is 3.29. The van der Waals surface area contributed by atoms with Gasteiger partial charge in [0.05, 0.1) is 5.60 Å². The lowest BCUT2D eigenvalue weighted by molar-refractivity contribution is -0.124. The lowest BCUT2D eigenvalue weighted by Gasteiger charge is -2.44. The predicted molar refractivity (Wildman–Crippen MR) is 72.4 cm³/mol. The van der Waals surface area contributed by atoms with Crippen molar-refractivity contribution in [3.8, 4) is 0 Å². The Morgan fingerprint density at radius 1 is 1.53 bits per heavy atom. The van der Waals surface area contributed by atoms with Crippen molar-refractivity contribution in [2.75, 3.05) is 18.1 Å². The molecule has 2 rings (SSSR count). The van der Waals surface area contributed by atoms with Crippen LogP contribution in [0.15, 0.2) is 0 Å². The van der Waals surface area contributed by atoms with E-state index >= 15 is 0 Å². The van der Waals surface area contributed by atoms with Crippen LogP contribution in [0.1, 0.15) is 46.5 Å². The van der Waals surface area contributed by atoms with Crippen LogP contribution in [0, 0.1) is 11.3 Å². The van der Waals surface area contributed by atoms with Gasteiger partial charge in [-0.1, -0.05) is 13.8 Å². The number of ketones is 1. The molecular formula is C14H24O2S. The maximum Gasteiger partial charge on any atom is 0.130 e. The third-order valence-corrected chi connectivity index (χ3v) is 5.59. The lowest BCUT2D eigenvalue weighted by atomic mass is 9.68. The lowest BCUT2D eigenvalue weighted by Crippen LogP contribution is -2.44. The number of hydrogen-bond donors (Lipinski definition) is 0. The molecular weight excluding hydrogens is 232 g/mol. The average molecular weight is 256 g/mol. The fraction of sp³-hybridized carbons (Fsp3) is 0.929. The van der Waals surface area contributed by atoms with E-state index in [2.05, 4.69) is 13.8 Å². The first-order valence-corrected chi connectivity index (χ1v) is 7.80. The summed E-state index contributed by atoms with van der Waals surface area (Å²) in [4.78, 5) is 11.4. The molecule has 0 amide bonds. The number of ether oxygens (including phenoxy) is 1. The highest BCUT2D eigenvalue weighted by Gasteiger charge is 2.44. The number of thioether (sulfide) groups is 1. The van der Waals surface area contributed by atoms with Gasteiger partial charge in [0.2, 0.25) is 0 Å². The van der Waals surface area contributed by atoms with Crippen LogP contribution in [0.4, 0.5) is 0 Å². The Hall–Kier alpha value is -0.0200. The van der Waals surface area contributed by atoms with Crippen LogP contribution in [-0.2, 0) is 9.53 Å². The molecule has 2 atom stereocenters. The monoisotopic (exact) mass is 256 g/mol. The zero-order valence-electron chi connectivity index (χ0n) is 11.3. The fourth-order valence-electron chi connectivity index (χ4n) is 3.34. The van der Waals surface area contributed by atoms with Crippen molar-refractivity contribution >= 4 is 17.5 Å². The molecule has 2 nitrogen and oxygen atoms in total. The summed E-state index contributed by atoms with van der Waals surface area (Å²) in [5.41, 5.74) is 0.275. The molecule has 0 aromatic carbocycles. The SMILES string of the molecule is CC(=O)CC(C)(C)C1CCOC2(CCSC2)C1. The van der Waals surface area contributed by atoms with Gasteiger partial charge in [-0.15, -0.1) is 0 Å². The van der Waals surface area contributed by atoms with E-state index in [0.29, 0.717) is 18.1 Å². The van der Waals surface area contributed by atoms with E-state index in [1.165, 1.54) is 12.2 Å². The molecule has 0 aromatic rings. The summed E-state index contributed by atoms with van der Waals surface area (Å²) >= 11 is 2.01. The smallest absolute Gasteiger partial charge is 0.130 e. The highest BCUT2D eigenvalue weighted by molar-refractivity contribution is 7.99. The number of hydrogen-bond acceptors (Lipinski definition) is 3. The summed E-state index contributed by atoms with van der Waals surface area (Å²) in [6, 6.07) is 0. The van der Waals surface area contributed by atoms with Gasteiger partial charge in [-0.05, 0) is 43.3 Å². The topological polar surface area (TPSA) is 26.3 Å². The Kier molecular flexibility index (Phi) is 3.89. The van der Waals surface area contributed by atoms with E-state index < -0.39 is 0 Å². The summed E-state index contributed by atoms with van der Waals surface area (Å²) in [6.07, 6.45) is 4.18. The number of carbonyl (C=O) groups excluding carboxylic acids is 1. The Morgan fingerprint density at radius 3 is 2.88 bits per heavy atom. The van der Waals surface area contributed by atoms with Crippen molar-refractivity contribution in [3.63, 3.8) is 0 Å². The van der Waals surface area contributed by atoms with Crippen molar-refractivity contribution < 1.29 is 9.53 Å². The zero-order chi connectivity index (χ0) is 12.5. The van der Waals surface area contributed by atoms with Gasteiger partial charge in [0.15, 0.2) is 0 Å². The molecule has 0 aromatic heterocycles. The molecule has 2 unspecified atom stereocenters. The normalized spacial score (nSPS) is 34.2. The molecule has 17 heavy (non-hydrogen) atoms. The Balaban J connectivity index is 2.03. The standard InChI is InChI=1S/C14H24O2S/c1-11(15)8-13(2,3)12-4-6-16-14(9-12)5-7-17-10-14/h12H,4-10H2,1-3H3. The second-order valence-electron chi connectivity index (χ2n) is 6.39. The number of Topliss-reactive ketones (excluding diaryl/α,β-unsaturated/α-hetero) is 1. The van der Waals surface area contributed by atoms with Crippen LogP contribution in [0.3, 0.4) is 0 Å². The zero-order valence-corrected chi connectivity index (χ0v) is 12.1. The summed E-state index contributed by atoms with van der Waals surface area (Å²) in [5.74, 6) is 3.34. The molecule has 0 N–H and O–H groups in total. The highest BCUT2D eigenvalue weighted by atomic mass is 32.2. The molecule has 2 aliphatic heterocycles. The summed E-state index contributed by atoms with van der Waals surface area (Å²) < 4.78 is 6.05. The van der Waals surface area contributed by atoms with Crippen molar-refractivity contribution in [1.29, 1.82) is 0 Å². The molecule has 98 valence electrons. The van der Waals surface area contributed by atoms with Gasteiger partial charge >= 0.3 is 0 Å². The van der Waals surface area contributed by atoms with Crippen molar-refractivity contribution in [2.24, 2.45) is 11.3 Å². The summed E-state index contributed by atoms with van der Waals surface area (Å²) in [7, 11) is 0. The summed E-state index contributed by atoms with van der Waals surface area (Å²) in [5, 5.41) is 0. The summed E-state index contributed by atoms with van der Waals surface area (Å²) in [6.45, 7) is 7.09. The quantitative estimate of drug-likeness (QED) is 0.775. The van der Waals surface area contributed by atoms with Crippen LogP contribution in [0.25, 0.3) is 0 Å². The van der Waals surface area contributed by atoms with Gasteiger partial charge in [0.25, 0.3) is 0 Å². The first-order valence-electron chi connectivity index (χ1n) is 6.65. The molecule has 1 spiro atoms. The largest absolute Gasteiger partial charge is 0.374 e. The second-order valence-corrected chi connectivity index (χ2v) is 7.50. The molecule has 3 heteroatoms. The van der Waals surface area contributed by atoms with Crippen LogP contribution in [0.2, 0.25) is 0 Å². The van der Waals surface area contributed by atoms with Crippen LogP contribution in [-0.4, -0.2) is 29.5 Å². The van der Waals surface area contributed by atoms with Gasteiger partial charge < -0.3 is 9.53 Å². The van der Waals surface area contributed by atoms with E-state index in [0.717, 1.165) is 25.2 Å². The van der Waals surface area contributed by atoms with E-state index in [4.69, 9.17) is 4.74 Å². The maximum absolute atomic E-state index is 11.4. The molecule has 2 heterocycles. The minimum absolute atomic E-state index is 0.135. The van der Waals surface area contributed by atoms with Crippen molar-refractivity contribution in [1.82, 2.24) is 0 Å². The third-order valence-electron chi connectivity index (χ3n) is 4.37. The second kappa shape index (κ2) is 4.93. The van der Waals surface area contributed by atoms with E-state index in [-0.39, 0.29) is 11.0 Å². The average Bonchev–Trinajstić information content (AvgIpc) is 2.64. The van der Waals surface area contributed by atoms with E-state index in [1.54, 1.807) is 6.92 Å². The van der Waals surface area contributed by atoms with E-state index in [9.17, 15) is 4.79 Å². The molecule has 0 radical (unpaired) electrons. The van der Waals surface area contributed by atoms with Crippen LogP contribution in [0.5, 0.6) is 0 Å². The van der Waals surface area contributed by atoms with Gasteiger partial charge in [0, 0.05) is 18.8 Å². The van der Waals surface area contributed by atoms with Gasteiger partial charge in [0.1, 0.15) is 5.78 Å². The minimum atomic E-state index is 0.135. The van der Waals surface area contributed by atoms with Gasteiger partial charge in [-0.2, -0.15) is 11.8 Å². The first kappa shape index (κ1) is 13.4. The van der Waals surface area contributed by atoms with Gasteiger partial charge in [-0.25, -0.2) is 0 Å². The van der Waals surface area contributed by atoms with Crippen LogP contribution >= 0.6 is 11.8 Å². The molecule has 2 fully saturated rings. The number of rotatable bonds is 3. The van der Waals surface area contributed by atoms with Crippen molar-refractivity contribution in [3.05, 3.63) is 0 Å².